The van der Waals surface area contributed by atoms with Gasteiger partial charge in [-0.3, -0.25) is 4.79 Å². The van der Waals surface area contributed by atoms with E-state index in [1.165, 1.54) is 4.31 Å². The van der Waals surface area contributed by atoms with Gasteiger partial charge in [0.05, 0.1) is 18.6 Å². The molecule has 0 aromatic heterocycles. The van der Waals surface area contributed by atoms with Crippen LogP contribution in [0.15, 0.2) is 59.5 Å². The Labute approximate surface area is 166 Å². The minimum absolute atomic E-state index is 0.202. The number of carbonyl (C=O) groups is 1. The molecule has 6 nitrogen and oxygen atoms in total. The van der Waals surface area contributed by atoms with Crippen LogP contribution < -0.4 is 4.74 Å². The Kier molecular flexibility index (Phi) is 6.70. The lowest BCUT2D eigenvalue weighted by atomic mass is 10.1. The van der Waals surface area contributed by atoms with E-state index in [0.29, 0.717) is 19.4 Å². The molecule has 0 bridgehead atoms. The molecule has 3 rings (SSSR count). The van der Waals surface area contributed by atoms with Crippen molar-refractivity contribution in [3.8, 4) is 5.75 Å². The summed E-state index contributed by atoms with van der Waals surface area (Å²) in [6.07, 6.45) is 2.59. The van der Waals surface area contributed by atoms with Crippen molar-refractivity contribution < 1.29 is 22.7 Å². The van der Waals surface area contributed by atoms with Crippen molar-refractivity contribution in [3.63, 3.8) is 0 Å². The summed E-state index contributed by atoms with van der Waals surface area (Å²) in [6.45, 7) is 0.538. The fourth-order valence-electron chi connectivity index (χ4n) is 3.31. The van der Waals surface area contributed by atoms with Gasteiger partial charge < -0.3 is 9.47 Å². The van der Waals surface area contributed by atoms with E-state index in [0.717, 1.165) is 24.2 Å². The van der Waals surface area contributed by atoms with Crippen molar-refractivity contribution in [1.82, 2.24) is 4.31 Å². The Morgan fingerprint density at radius 1 is 1.07 bits per heavy atom. The second-order valence-electron chi connectivity index (χ2n) is 6.71. The highest BCUT2D eigenvalue weighted by Gasteiger charge is 2.38. The van der Waals surface area contributed by atoms with E-state index in [4.69, 9.17) is 9.47 Å². The molecule has 1 heterocycles. The third kappa shape index (κ3) is 4.72. The third-order valence-corrected chi connectivity index (χ3v) is 6.79. The highest BCUT2D eigenvalue weighted by Crippen LogP contribution is 2.26. The molecular weight excluding hydrogens is 378 g/mol. The molecule has 0 aliphatic carbocycles. The molecule has 1 aliphatic rings. The first-order chi connectivity index (χ1) is 13.5. The fraction of sp³-hybridized carbons (Fsp3) is 0.381. The zero-order chi connectivity index (χ0) is 20.0. The maximum absolute atomic E-state index is 13.0. The molecule has 28 heavy (non-hydrogen) atoms. The number of nitrogens with zero attached hydrogens (tertiary/aromatic N) is 1. The Morgan fingerprint density at radius 3 is 2.46 bits per heavy atom. The predicted octanol–water partition coefficient (Wildman–Crippen LogP) is 3.02. The summed E-state index contributed by atoms with van der Waals surface area (Å²) in [5.74, 6) is 0.289. The topological polar surface area (TPSA) is 72.9 Å². The number of hydrogen-bond donors (Lipinski definition) is 0. The molecular formula is C21H25NO5S. The van der Waals surface area contributed by atoms with Crippen molar-refractivity contribution >= 4 is 16.0 Å². The third-order valence-electron chi connectivity index (χ3n) is 4.87. The minimum Gasteiger partial charge on any atom is -0.497 e. The maximum atomic E-state index is 13.0. The lowest BCUT2D eigenvalue weighted by Gasteiger charge is -2.33. The van der Waals surface area contributed by atoms with Crippen LogP contribution in [0.25, 0.3) is 0 Å². The van der Waals surface area contributed by atoms with Crippen LogP contribution in [0.3, 0.4) is 0 Å². The van der Waals surface area contributed by atoms with Gasteiger partial charge in [-0.15, -0.1) is 0 Å². The fourth-order valence-corrected chi connectivity index (χ4v) is 4.98. The normalized spacial score (nSPS) is 17.8. The summed E-state index contributed by atoms with van der Waals surface area (Å²) < 4.78 is 37.8. The number of rotatable bonds is 7. The SMILES string of the molecule is COc1ccc(CCOC(=O)C2CCCCN2S(=O)(=O)c2ccccc2)cc1. The molecule has 0 radical (unpaired) electrons. The molecule has 2 aromatic carbocycles. The van der Waals surface area contributed by atoms with Crippen LogP contribution in [-0.4, -0.2) is 45.0 Å². The van der Waals surface area contributed by atoms with Crippen molar-refractivity contribution in [3.05, 3.63) is 60.2 Å². The summed E-state index contributed by atoms with van der Waals surface area (Å²) in [4.78, 5) is 12.8. The first kappa shape index (κ1) is 20.4. The largest absolute Gasteiger partial charge is 0.497 e. The number of esters is 1. The number of ether oxygens (including phenoxy) is 2. The highest BCUT2D eigenvalue weighted by molar-refractivity contribution is 7.89. The van der Waals surface area contributed by atoms with E-state index in [2.05, 4.69) is 0 Å². The van der Waals surface area contributed by atoms with Gasteiger partial charge in [0.15, 0.2) is 0 Å². The number of carbonyl (C=O) groups excluding carboxylic acids is 1. The Balaban J connectivity index is 1.63. The molecule has 2 aromatic rings. The van der Waals surface area contributed by atoms with Gasteiger partial charge in [-0.25, -0.2) is 8.42 Å². The average molecular weight is 404 g/mol. The van der Waals surface area contributed by atoms with Gasteiger partial charge in [0.2, 0.25) is 10.0 Å². The van der Waals surface area contributed by atoms with Crippen LogP contribution >= 0.6 is 0 Å². The smallest absolute Gasteiger partial charge is 0.324 e. The van der Waals surface area contributed by atoms with Crippen LogP contribution in [0.1, 0.15) is 24.8 Å². The molecule has 1 aliphatic heterocycles. The van der Waals surface area contributed by atoms with E-state index in [1.807, 2.05) is 24.3 Å². The highest BCUT2D eigenvalue weighted by atomic mass is 32.2. The maximum Gasteiger partial charge on any atom is 0.324 e. The average Bonchev–Trinajstić information content (AvgIpc) is 2.75. The van der Waals surface area contributed by atoms with Gasteiger partial charge >= 0.3 is 5.97 Å². The first-order valence-electron chi connectivity index (χ1n) is 9.39. The first-order valence-corrected chi connectivity index (χ1v) is 10.8. The van der Waals surface area contributed by atoms with Crippen LogP contribution in [-0.2, 0) is 26.0 Å². The standard InChI is InChI=1S/C21H25NO5S/c1-26-18-12-10-17(11-13-18)14-16-27-21(23)20-9-5-6-15-22(20)28(24,25)19-7-3-2-4-8-19/h2-4,7-8,10-13,20H,5-6,9,14-16H2,1H3. The lowest BCUT2D eigenvalue weighted by Crippen LogP contribution is -2.48. The van der Waals surface area contributed by atoms with Crippen LogP contribution in [0.5, 0.6) is 5.75 Å². The van der Waals surface area contributed by atoms with Crippen LogP contribution in [0, 0.1) is 0 Å². The second-order valence-corrected chi connectivity index (χ2v) is 8.60. The van der Waals surface area contributed by atoms with Gasteiger partial charge in [-0.2, -0.15) is 4.31 Å². The van der Waals surface area contributed by atoms with Gasteiger partial charge in [0.25, 0.3) is 0 Å². The zero-order valence-electron chi connectivity index (χ0n) is 15.9. The lowest BCUT2D eigenvalue weighted by molar-refractivity contribution is -0.149. The summed E-state index contributed by atoms with van der Waals surface area (Å²) in [7, 11) is -2.12. The van der Waals surface area contributed by atoms with Crippen molar-refractivity contribution in [2.24, 2.45) is 0 Å². The molecule has 1 saturated heterocycles. The number of piperidine rings is 1. The number of methoxy groups -OCH3 is 1. The summed E-state index contributed by atoms with van der Waals surface area (Å²) in [5, 5.41) is 0. The van der Waals surface area contributed by atoms with E-state index in [9.17, 15) is 13.2 Å². The molecule has 1 atom stereocenters. The van der Waals surface area contributed by atoms with Crippen molar-refractivity contribution in [2.45, 2.75) is 36.6 Å². The van der Waals surface area contributed by atoms with Gasteiger partial charge in [-0.05, 0) is 49.1 Å². The Bertz CT molecular complexity index is 881. The van der Waals surface area contributed by atoms with Crippen LogP contribution in [0.4, 0.5) is 0 Å². The van der Waals surface area contributed by atoms with Gasteiger partial charge in [0.1, 0.15) is 11.8 Å². The van der Waals surface area contributed by atoms with E-state index < -0.39 is 22.0 Å². The molecule has 150 valence electrons. The molecule has 0 spiro atoms. The van der Waals surface area contributed by atoms with E-state index >= 15 is 0 Å². The summed E-state index contributed by atoms with van der Waals surface area (Å²) >= 11 is 0. The molecule has 0 saturated carbocycles. The monoisotopic (exact) mass is 403 g/mol. The van der Waals surface area contributed by atoms with Gasteiger partial charge in [-0.1, -0.05) is 30.3 Å². The Morgan fingerprint density at radius 2 is 1.79 bits per heavy atom. The summed E-state index contributed by atoms with van der Waals surface area (Å²) in [5.41, 5.74) is 1.02. The molecule has 0 amide bonds. The number of sulfonamides is 1. The molecule has 7 heteroatoms. The summed E-state index contributed by atoms with van der Waals surface area (Å²) in [6, 6.07) is 15.0. The van der Waals surface area contributed by atoms with E-state index in [1.54, 1.807) is 37.4 Å². The number of hydrogen-bond acceptors (Lipinski definition) is 5. The molecule has 1 fully saturated rings. The molecule has 0 N–H and O–H groups in total. The molecule has 1 unspecified atom stereocenters. The van der Waals surface area contributed by atoms with Crippen LogP contribution in [0.2, 0.25) is 0 Å². The quantitative estimate of drug-likeness (QED) is 0.665. The zero-order valence-corrected chi connectivity index (χ0v) is 16.7. The van der Waals surface area contributed by atoms with Crippen molar-refractivity contribution in [1.29, 1.82) is 0 Å². The van der Waals surface area contributed by atoms with Gasteiger partial charge in [0, 0.05) is 13.0 Å². The predicted molar refractivity (Wildman–Crippen MR) is 106 cm³/mol. The van der Waals surface area contributed by atoms with E-state index in [-0.39, 0.29) is 11.5 Å². The number of benzene rings is 2. The minimum atomic E-state index is -3.72. The Hall–Kier alpha value is -2.38. The second kappa shape index (κ2) is 9.21. The van der Waals surface area contributed by atoms with Crippen molar-refractivity contribution in [2.75, 3.05) is 20.3 Å².